The van der Waals surface area contributed by atoms with Crippen LogP contribution in [0.15, 0.2) is 18.2 Å². The van der Waals surface area contributed by atoms with E-state index in [0.717, 1.165) is 12.0 Å². The van der Waals surface area contributed by atoms with Crippen molar-refractivity contribution >= 4 is 23.5 Å². The summed E-state index contributed by atoms with van der Waals surface area (Å²) in [5, 5.41) is 5.62. The molecule has 2 rings (SSSR count). The summed E-state index contributed by atoms with van der Waals surface area (Å²) >= 11 is 5.66. The fourth-order valence-corrected chi connectivity index (χ4v) is 2.35. The summed E-state index contributed by atoms with van der Waals surface area (Å²) in [5.41, 5.74) is 0.841. The van der Waals surface area contributed by atoms with Crippen molar-refractivity contribution < 1.29 is 14.0 Å². The molecule has 0 heterocycles. The van der Waals surface area contributed by atoms with Crippen LogP contribution in [-0.4, -0.2) is 43.0 Å². The molecule has 0 unspecified atom stereocenters. The number of amides is 3. The number of rotatable bonds is 5. The second-order valence-electron chi connectivity index (χ2n) is 5.48. The number of hydrogen-bond acceptors (Lipinski definition) is 2. The maximum absolute atomic E-state index is 13.4. The van der Waals surface area contributed by atoms with E-state index in [4.69, 9.17) is 11.6 Å². The number of hydrogen-bond donors (Lipinski definition) is 2. The molecule has 1 aliphatic carbocycles. The lowest BCUT2D eigenvalue weighted by molar-refractivity contribution is -0.118. The van der Waals surface area contributed by atoms with Crippen LogP contribution < -0.4 is 10.6 Å². The van der Waals surface area contributed by atoms with Gasteiger partial charge < -0.3 is 15.5 Å². The third kappa shape index (κ3) is 4.34. The van der Waals surface area contributed by atoms with E-state index in [1.165, 1.54) is 24.0 Å². The summed E-state index contributed by atoms with van der Waals surface area (Å²) in [5.74, 6) is -0.441. The fourth-order valence-electron chi connectivity index (χ4n) is 2.24. The standard InChI is InChI=1S/C15H19ClFN3O2/c1-9(21)18-5-6-20(2)15(22)19-14-8-11(14)10-3-4-12(16)13(17)7-10/h3-4,7,11,14H,5-6,8H2,1-2H3,(H,18,21)(H,19,22)/t11-,14+/m0/s1. The first-order chi connectivity index (χ1) is 10.4. The van der Waals surface area contributed by atoms with Gasteiger partial charge >= 0.3 is 6.03 Å². The molecule has 0 aromatic heterocycles. The Morgan fingerprint density at radius 1 is 1.45 bits per heavy atom. The van der Waals surface area contributed by atoms with Gasteiger partial charge in [0.05, 0.1) is 5.02 Å². The highest BCUT2D eigenvalue weighted by molar-refractivity contribution is 6.30. The molecule has 2 N–H and O–H groups in total. The van der Waals surface area contributed by atoms with Crippen molar-refractivity contribution in [1.82, 2.24) is 15.5 Å². The molecule has 1 aromatic carbocycles. The van der Waals surface area contributed by atoms with E-state index in [0.29, 0.717) is 13.1 Å². The van der Waals surface area contributed by atoms with Crippen molar-refractivity contribution in [3.8, 4) is 0 Å². The molecule has 0 spiro atoms. The van der Waals surface area contributed by atoms with Crippen LogP contribution >= 0.6 is 11.6 Å². The van der Waals surface area contributed by atoms with E-state index in [9.17, 15) is 14.0 Å². The van der Waals surface area contributed by atoms with Crippen molar-refractivity contribution in [2.24, 2.45) is 0 Å². The van der Waals surface area contributed by atoms with Crippen LogP contribution in [0.4, 0.5) is 9.18 Å². The molecule has 0 aliphatic heterocycles. The molecule has 0 saturated heterocycles. The summed E-state index contributed by atoms with van der Waals surface area (Å²) in [6, 6.07) is 4.54. The van der Waals surface area contributed by atoms with Gasteiger partial charge in [0.15, 0.2) is 0 Å². The number of urea groups is 1. The Morgan fingerprint density at radius 2 is 2.18 bits per heavy atom. The largest absolute Gasteiger partial charge is 0.355 e. The molecule has 1 aromatic rings. The van der Waals surface area contributed by atoms with Crippen LogP contribution in [0.3, 0.4) is 0 Å². The van der Waals surface area contributed by atoms with Crippen molar-refractivity contribution in [2.75, 3.05) is 20.1 Å². The van der Waals surface area contributed by atoms with Gasteiger partial charge in [-0.3, -0.25) is 4.79 Å². The molecule has 0 radical (unpaired) electrons. The zero-order chi connectivity index (χ0) is 16.3. The average molecular weight is 328 g/mol. The Morgan fingerprint density at radius 3 is 2.82 bits per heavy atom. The highest BCUT2D eigenvalue weighted by Crippen LogP contribution is 2.41. The number of benzene rings is 1. The molecule has 7 heteroatoms. The topological polar surface area (TPSA) is 61.4 Å². The lowest BCUT2D eigenvalue weighted by Gasteiger charge is -2.18. The van der Waals surface area contributed by atoms with Gasteiger partial charge in [0.2, 0.25) is 5.91 Å². The summed E-state index contributed by atoms with van der Waals surface area (Å²) in [6.45, 7) is 2.27. The minimum absolute atomic E-state index is 0.0105. The highest BCUT2D eigenvalue weighted by Gasteiger charge is 2.40. The fraction of sp³-hybridized carbons (Fsp3) is 0.467. The van der Waals surface area contributed by atoms with Crippen LogP contribution in [0.25, 0.3) is 0 Å². The van der Waals surface area contributed by atoms with Crippen molar-refractivity contribution in [3.63, 3.8) is 0 Å². The summed E-state index contributed by atoms with van der Waals surface area (Å²) < 4.78 is 13.4. The van der Waals surface area contributed by atoms with Crippen LogP contribution in [0, 0.1) is 5.82 Å². The molecule has 1 aliphatic rings. The maximum atomic E-state index is 13.4. The summed E-state index contributed by atoms with van der Waals surface area (Å²) in [4.78, 5) is 24.2. The van der Waals surface area contributed by atoms with E-state index in [-0.39, 0.29) is 28.9 Å². The van der Waals surface area contributed by atoms with Crippen molar-refractivity contribution in [1.29, 1.82) is 0 Å². The van der Waals surface area contributed by atoms with Gasteiger partial charge in [0.25, 0.3) is 0 Å². The Labute approximate surface area is 133 Å². The molecule has 5 nitrogen and oxygen atoms in total. The Kier molecular flexibility index (Phi) is 5.24. The van der Waals surface area contributed by atoms with Gasteiger partial charge in [-0.2, -0.15) is 0 Å². The first-order valence-corrected chi connectivity index (χ1v) is 7.47. The van der Waals surface area contributed by atoms with Crippen LogP contribution in [0.2, 0.25) is 5.02 Å². The Hall–Kier alpha value is -1.82. The SMILES string of the molecule is CC(=O)NCCN(C)C(=O)N[C@@H]1C[C@H]1c1ccc(Cl)c(F)c1. The van der Waals surface area contributed by atoms with Gasteiger partial charge in [-0.15, -0.1) is 0 Å². The predicted molar refractivity (Wildman–Crippen MR) is 82.4 cm³/mol. The zero-order valence-corrected chi connectivity index (χ0v) is 13.3. The summed E-state index contributed by atoms with van der Waals surface area (Å²) in [6.07, 6.45) is 0.784. The van der Waals surface area contributed by atoms with Crippen molar-refractivity contribution in [3.05, 3.63) is 34.6 Å². The first-order valence-electron chi connectivity index (χ1n) is 7.09. The number of halogens is 2. The second-order valence-corrected chi connectivity index (χ2v) is 5.88. The maximum Gasteiger partial charge on any atom is 0.317 e. The molecule has 120 valence electrons. The van der Waals surface area contributed by atoms with E-state index >= 15 is 0 Å². The van der Waals surface area contributed by atoms with E-state index in [1.807, 2.05) is 0 Å². The number of carbonyl (C=O) groups is 2. The van der Waals surface area contributed by atoms with Gasteiger partial charge in [-0.25, -0.2) is 9.18 Å². The van der Waals surface area contributed by atoms with Gasteiger partial charge in [-0.1, -0.05) is 17.7 Å². The van der Waals surface area contributed by atoms with E-state index in [1.54, 1.807) is 13.1 Å². The quantitative estimate of drug-likeness (QED) is 0.870. The average Bonchev–Trinajstić information content (AvgIpc) is 3.20. The van der Waals surface area contributed by atoms with Crippen LogP contribution in [0.1, 0.15) is 24.8 Å². The number of carbonyl (C=O) groups excluding carboxylic acids is 2. The smallest absolute Gasteiger partial charge is 0.317 e. The molecule has 22 heavy (non-hydrogen) atoms. The zero-order valence-electron chi connectivity index (χ0n) is 12.5. The lowest BCUT2D eigenvalue weighted by Crippen LogP contribution is -2.42. The molecular weight excluding hydrogens is 309 g/mol. The Bertz CT molecular complexity index is 582. The third-order valence-electron chi connectivity index (χ3n) is 3.64. The predicted octanol–water partition coefficient (Wildman–Crippen LogP) is 2.11. The van der Waals surface area contributed by atoms with E-state index in [2.05, 4.69) is 10.6 Å². The molecule has 1 fully saturated rings. The summed E-state index contributed by atoms with van der Waals surface area (Å²) in [7, 11) is 1.66. The number of nitrogens with zero attached hydrogens (tertiary/aromatic N) is 1. The van der Waals surface area contributed by atoms with Gasteiger partial charge in [0.1, 0.15) is 5.82 Å². The molecule has 1 saturated carbocycles. The minimum Gasteiger partial charge on any atom is -0.355 e. The highest BCUT2D eigenvalue weighted by atomic mass is 35.5. The molecule has 3 amide bonds. The number of likely N-dealkylation sites (N-methyl/N-ethyl adjacent to an activating group) is 1. The van der Waals surface area contributed by atoms with Crippen LogP contribution in [-0.2, 0) is 4.79 Å². The second kappa shape index (κ2) is 6.96. The normalized spacial score (nSPS) is 19.5. The van der Waals surface area contributed by atoms with Crippen LogP contribution in [0.5, 0.6) is 0 Å². The molecular formula is C15H19ClFN3O2. The Balaban J connectivity index is 1.79. The minimum atomic E-state index is -0.441. The lowest BCUT2D eigenvalue weighted by atomic mass is 10.1. The number of nitrogens with one attached hydrogen (secondary N) is 2. The van der Waals surface area contributed by atoms with Gasteiger partial charge in [-0.05, 0) is 24.1 Å². The molecule has 0 bridgehead atoms. The van der Waals surface area contributed by atoms with E-state index < -0.39 is 5.82 Å². The first kappa shape index (κ1) is 16.5. The van der Waals surface area contributed by atoms with Gasteiger partial charge in [0, 0.05) is 39.0 Å². The van der Waals surface area contributed by atoms with Crippen molar-refractivity contribution in [2.45, 2.75) is 25.3 Å². The third-order valence-corrected chi connectivity index (χ3v) is 3.95. The monoisotopic (exact) mass is 327 g/mol. The molecule has 2 atom stereocenters.